The molecule has 1 amide bonds. The Hall–Kier alpha value is -2.25. The number of benzene rings is 2. The summed E-state index contributed by atoms with van der Waals surface area (Å²) in [6.45, 7) is 3.01. The van der Waals surface area contributed by atoms with Gasteiger partial charge in [-0.1, -0.05) is 29.8 Å². The summed E-state index contributed by atoms with van der Waals surface area (Å²) in [6, 6.07) is 12.8. The average Bonchev–Trinajstić information content (AvgIpc) is 2.69. The van der Waals surface area contributed by atoms with E-state index in [9.17, 15) is 17.6 Å². The monoisotopic (exact) mass is 404 g/mol. The fraction of sp³-hybridized carbons (Fsp3) is 0.381. The van der Waals surface area contributed by atoms with Crippen molar-refractivity contribution >= 4 is 15.9 Å². The number of carbonyl (C=O) groups excluding carboxylic acids is 1. The Morgan fingerprint density at radius 3 is 2.43 bits per heavy atom. The van der Waals surface area contributed by atoms with E-state index in [0.717, 1.165) is 23.3 Å². The molecule has 28 heavy (non-hydrogen) atoms. The van der Waals surface area contributed by atoms with E-state index in [0.29, 0.717) is 25.9 Å². The van der Waals surface area contributed by atoms with Gasteiger partial charge in [-0.2, -0.15) is 4.31 Å². The van der Waals surface area contributed by atoms with Crippen molar-refractivity contribution in [2.45, 2.75) is 31.2 Å². The minimum atomic E-state index is -3.74. The number of aryl methyl sites for hydroxylation is 1. The predicted molar refractivity (Wildman–Crippen MR) is 106 cm³/mol. The van der Waals surface area contributed by atoms with Gasteiger partial charge in [0.15, 0.2) is 0 Å². The summed E-state index contributed by atoms with van der Waals surface area (Å²) in [5.74, 6) is -0.914. The molecular weight excluding hydrogens is 379 g/mol. The van der Waals surface area contributed by atoms with Gasteiger partial charge in [-0.25, -0.2) is 12.8 Å². The van der Waals surface area contributed by atoms with Gasteiger partial charge in [0.05, 0.1) is 10.8 Å². The van der Waals surface area contributed by atoms with Crippen LogP contribution in [0.4, 0.5) is 4.39 Å². The first-order valence-corrected chi connectivity index (χ1v) is 10.8. The first-order valence-electron chi connectivity index (χ1n) is 9.33. The normalized spacial score (nSPS) is 18.0. The van der Waals surface area contributed by atoms with E-state index in [2.05, 4.69) is 0 Å². The zero-order valence-corrected chi connectivity index (χ0v) is 17.0. The Bertz CT molecular complexity index is 927. The lowest BCUT2D eigenvalue weighted by Gasteiger charge is -2.33. The number of halogens is 1. The van der Waals surface area contributed by atoms with Crippen LogP contribution in [0.5, 0.6) is 0 Å². The quantitative estimate of drug-likeness (QED) is 0.769. The van der Waals surface area contributed by atoms with Crippen molar-refractivity contribution in [3.63, 3.8) is 0 Å². The summed E-state index contributed by atoms with van der Waals surface area (Å²) in [7, 11) is -1.99. The topological polar surface area (TPSA) is 57.7 Å². The van der Waals surface area contributed by atoms with Gasteiger partial charge in [0.1, 0.15) is 5.82 Å². The minimum absolute atomic E-state index is 0.0509. The van der Waals surface area contributed by atoms with E-state index < -0.39 is 15.8 Å². The van der Waals surface area contributed by atoms with Gasteiger partial charge >= 0.3 is 0 Å². The standard InChI is InChI=1S/C21H25FN2O3S/c1-16-5-7-17(8-6-16)14-23(2)21(25)18-4-3-13-24(15-18)28(26,27)20-11-9-19(22)10-12-20/h5-12,18H,3-4,13-15H2,1-2H3. The molecule has 150 valence electrons. The molecule has 1 saturated heterocycles. The Balaban J connectivity index is 1.68. The van der Waals surface area contributed by atoms with E-state index in [1.165, 1.54) is 16.4 Å². The van der Waals surface area contributed by atoms with Crippen LogP contribution in [0.15, 0.2) is 53.4 Å². The van der Waals surface area contributed by atoms with Gasteiger partial charge in [-0.05, 0) is 49.6 Å². The molecule has 2 aromatic carbocycles. The maximum Gasteiger partial charge on any atom is 0.243 e. The van der Waals surface area contributed by atoms with Crippen molar-refractivity contribution in [1.29, 1.82) is 0 Å². The van der Waals surface area contributed by atoms with E-state index in [1.807, 2.05) is 31.2 Å². The second-order valence-corrected chi connectivity index (χ2v) is 9.27. The summed E-state index contributed by atoms with van der Waals surface area (Å²) < 4.78 is 40.1. The lowest BCUT2D eigenvalue weighted by molar-refractivity contribution is -0.135. The second kappa shape index (κ2) is 8.41. The highest BCUT2D eigenvalue weighted by atomic mass is 32.2. The molecule has 0 bridgehead atoms. The fourth-order valence-electron chi connectivity index (χ4n) is 3.47. The van der Waals surface area contributed by atoms with Crippen molar-refractivity contribution in [3.05, 3.63) is 65.5 Å². The largest absolute Gasteiger partial charge is 0.341 e. The third-order valence-corrected chi connectivity index (χ3v) is 6.98. The third-order valence-electron chi connectivity index (χ3n) is 5.10. The lowest BCUT2D eigenvalue weighted by atomic mass is 9.98. The number of hydrogen-bond donors (Lipinski definition) is 0. The van der Waals surface area contributed by atoms with Gasteiger partial charge in [0.2, 0.25) is 15.9 Å². The van der Waals surface area contributed by atoms with Crippen molar-refractivity contribution in [2.75, 3.05) is 20.1 Å². The Kier molecular flexibility index (Phi) is 6.15. The molecule has 1 heterocycles. The van der Waals surface area contributed by atoms with Crippen LogP contribution < -0.4 is 0 Å². The van der Waals surface area contributed by atoms with E-state index in [-0.39, 0.29) is 23.3 Å². The van der Waals surface area contributed by atoms with Gasteiger partial charge in [0, 0.05) is 26.7 Å². The van der Waals surface area contributed by atoms with Gasteiger partial charge < -0.3 is 4.90 Å². The SMILES string of the molecule is Cc1ccc(CN(C)C(=O)C2CCCN(S(=O)(=O)c3ccc(F)cc3)C2)cc1. The highest BCUT2D eigenvalue weighted by Gasteiger charge is 2.34. The summed E-state index contributed by atoms with van der Waals surface area (Å²) in [5, 5.41) is 0. The zero-order valence-electron chi connectivity index (χ0n) is 16.1. The molecule has 0 saturated carbocycles. The van der Waals surface area contributed by atoms with E-state index in [1.54, 1.807) is 11.9 Å². The predicted octanol–water partition coefficient (Wildman–Crippen LogP) is 3.19. The smallest absolute Gasteiger partial charge is 0.243 e. The molecule has 0 aliphatic carbocycles. The summed E-state index contributed by atoms with van der Waals surface area (Å²) in [4.78, 5) is 14.6. The first-order chi connectivity index (χ1) is 13.3. The molecule has 1 unspecified atom stereocenters. The number of nitrogens with zero attached hydrogens (tertiary/aromatic N) is 2. The third kappa shape index (κ3) is 4.59. The maximum atomic E-state index is 13.1. The number of sulfonamides is 1. The summed E-state index contributed by atoms with van der Waals surface area (Å²) in [5.41, 5.74) is 2.19. The second-order valence-electron chi connectivity index (χ2n) is 7.34. The number of piperidine rings is 1. The summed E-state index contributed by atoms with van der Waals surface area (Å²) in [6.07, 6.45) is 1.28. The molecule has 7 heteroatoms. The van der Waals surface area contributed by atoms with Crippen molar-refractivity contribution in [3.8, 4) is 0 Å². The molecular formula is C21H25FN2O3S. The maximum absolute atomic E-state index is 13.1. The number of hydrogen-bond acceptors (Lipinski definition) is 3. The molecule has 0 spiro atoms. The number of carbonyl (C=O) groups is 1. The van der Waals surface area contributed by atoms with Crippen molar-refractivity contribution in [1.82, 2.24) is 9.21 Å². The zero-order chi connectivity index (χ0) is 20.3. The molecule has 0 radical (unpaired) electrons. The Labute approximate surface area is 165 Å². The van der Waals surface area contributed by atoms with Crippen LogP contribution in [0.3, 0.4) is 0 Å². The van der Waals surface area contributed by atoms with Crippen LogP contribution in [0.25, 0.3) is 0 Å². The van der Waals surface area contributed by atoms with Crippen LogP contribution in [0, 0.1) is 18.7 Å². The van der Waals surface area contributed by atoms with Crippen molar-refractivity contribution < 1.29 is 17.6 Å². The van der Waals surface area contributed by atoms with Crippen LogP contribution in [0.2, 0.25) is 0 Å². The van der Waals surface area contributed by atoms with Crippen LogP contribution in [-0.4, -0.2) is 43.7 Å². The first kappa shape index (κ1) is 20.5. The van der Waals surface area contributed by atoms with E-state index >= 15 is 0 Å². The Morgan fingerprint density at radius 2 is 1.79 bits per heavy atom. The highest BCUT2D eigenvalue weighted by molar-refractivity contribution is 7.89. The average molecular weight is 405 g/mol. The van der Waals surface area contributed by atoms with Crippen LogP contribution in [-0.2, 0) is 21.4 Å². The number of amides is 1. The van der Waals surface area contributed by atoms with Gasteiger partial charge in [0.25, 0.3) is 0 Å². The van der Waals surface area contributed by atoms with E-state index in [4.69, 9.17) is 0 Å². The minimum Gasteiger partial charge on any atom is -0.341 e. The molecule has 1 atom stereocenters. The Morgan fingerprint density at radius 1 is 1.14 bits per heavy atom. The molecule has 5 nitrogen and oxygen atoms in total. The number of rotatable bonds is 5. The molecule has 0 aromatic heterocycles. The van der Waals surface area contributed by atoms with Crippen LogP contribution in [0.1, 0.15) is 24.0 Å². The van der Waals surface area contributed by atoms with Gasteiger partial charge in [-0.15, -0.1) is 0 Å². The molecule has 1 aliphatic rings. The summed E-state index contributed by atoms with van der Waals surface area (Å²) >= 11 is 0. The molecule has 1 fully saturated rings. The van der Waals surface area contributed by atoms with Crippen molar-refractivity contribution in [2.24, 2.45) is 5.92 Å². The molecule has 1 aliphatic heterocycles. The lowest BCUT2D eigenvalue weighted by Crippen LogP contribution is -2.45. The molecule has 2 aromatic rings. The highest BCUT2D eigenvalue weighted by Crippen LogP contribution is 2.25. The fourth-order valence-corrected chi connectivity index (χ4v) is 5.00. The van der Waals surface area contributed by atoms with Crippen LogP contribution >= 0.6 is 0 Å². The molecule has 3 rings (SSSR count). The molecule has 0 N–H and O–H groups in total. The van der Waals surface area contributed by atoms with Gasteiger partial charge in [-0.3, -0.25) is 4.79 Å².